The largest absolute Gasteiger partial charge is 0.494 e. The molecule has 2 N–H and O–H groups in total. The number of aromatic nitrogens is 3. The predicted molar refractivity (Wildman–Crippen MR) is 112 cm³/mol. The summed E-state index contributed by atoms with van der Waals surface area (Å²) in [6, 6.07) is 16.5. The molecule has 29 heavy (non-hydrogen) atoms. The average molecular weight is 392 g/mol. The van der Waals surface area contributed by atoms with Gasteiger partial charge in [0.1, 0.15) is 11.4 Å². The van der Waals surface area contributed by atoms with E-state index in [1.54, 1.807) is 12.1 Å². The van der Waals surface area contributed by atoms with Gasteiger partial charge in [0.2, 0.25) is 5.91 Å². The van der Waals surface area contributed by atoms with Crippen LogP contribution in [0.15, 0.2) is 59.4 Å². The van der Waals surface area contributed by atoms with Gasteiger partial charge in [0.05, 0.1) is 6.61 Å². The van der Waals surface area contributed by atoms with E-state index in [1.165, 1.54) is 0 Å². The van der Waals surface area contributed by atoms with E-state index in [1.807, 2.05) is 42.5 Å². The van der Waals surface area contributed by atoms with Crippen molar-refractivity contribution in [3.8, 4) is 17.1 Å². The predicted octanol–water partition coefficient (Wildman–Crippen LogP) is 3.58. The molecule has 0 saturated carbocycles. The number of nitrogens with one attached hydrogen (secondary N) is 2. The highest BCUT2D eigenvalue weighted by molar-refractivity contribution is 5.90. The number of benzene rings is 2. The second-order valence-corrected chi connectivity index (χ2v) is 6.59. The highest BCUT2D eigenvalue weighted by Gasteiger charge is 2.10. The molecule has 2 aromatic carbocycles. The molecule has 0 atom stereocenters. The Kier molecular flexibility index (Phi) is 7.10. The van der Waals surface area contributed by atoms with Crippen LogP contribution in [0.25, 0.3) is 11.4 Å². The third-order valence-corrected chi connectivity index (χ3v) is 4.31. The first-order valence-corrected chi connectivity index (χ1v) is 9.69. The topological polar surface area (TPSA) is 97.0 Å². The van der Waals surface area contributed by atoms with Gasteiger partial charge in [0.15, 0.2) is 5.82 Å². The van der Waals surface area contributed by atoms with Crippen LogP contribution in [0, 0.1) is 0 Å². The van der Waals surface area contributed by atoms with Gasteiger partial charge in [-0.3, -0.25) is 9.59 Å². The van der Waals surface area contributed by atoms with E-state index < -0.39 is 0 Å². The number of carbonyl (C=O) groups is 1. The molecule has 0 spiro atoms. The van der Waals surface area contributed by atoms with E-state index >= 15 is 0 Å². The number of para-hydroxylation sites is 1. The molecule has 1 heterocycles. The lowest BCUT2D eigenvalue weighted by Crippen LogP contribution is -2.20. The molecule has 3 aromatic rings. The molecule has 0 aliphatic carbocycles. The molecular weight excluding hydrogens is 368 g/mol. The number of hydrogen-bond donors (Lipinski definition) is 2. The molecule has 0 aliphatic rings. The molecule has 0 radical (unpaired) electrons. The Balaban J connectivity index is 1.58. The third-order valence-electron chi connectivity index (χ3n) is 4.31. The zero-order valence-electron chi connectivity index (χ0n) is 16.4. The van der Waals surface area contributed by atoms with Gasteiger partial charge < -0.3 is 15.0 Å². The van der Waals surface area contributed by atoms with Gasteiger partial charge in [0.25, 0.3) is 5.56 Å². The van der Waals surface area contributed by atoms with E-state index in [0.29, 0.717) is 12.4 Å². The minimum atomic E-state index is -0.342. The number of hydrogen-bond acceptors (Lipinski definition) is 5. The molecule has 0 saturated heterocycles. The van der Waals surface area contributed by atoms with Crippen LogP contribution in [0.3, 0.4) is 0 Å². The number of anilines is 1. The summed E-state index contributed by atoms with van der Waals surface area (Å²) in [4.78, 5) is 27.1. The van der Waals surface area contributed by atoms with Gasteiger partial charge in [-0.25, -0.2) is 0 Å². The smallest absolute Gasteiger partial charge is 0.273 e. The summed E-state index contributed by atoms with van der Waals surface area (Å²) < 4.78 is 5.63. The SMILES string of the molecule is CCCCOc1ccc(-c2nnc(CCC(=O)Nc3ccccc3)c(=O)[nH]2)cc1. The van der Waals surface area contributed by atoms with Crippen LogP contribution in [-0.4, -0.2) is 27.7 Å². The number of rotatable bonds is 9. The number of H-pyrrole nitrogens is 1. The molecule has 0 fully saturated rings. The molecule has 150 valence electrons. The molecule has 3 rings (SSSR count). The van der Waals surface area contributed by atoms with E-state index in [0.717, 1.165) is 29.8 Å². The lowest BCUT2D eigenvalue weighted by Gasteiger charge is -2.07. The maximum Gasteiger partial charge on any atom is 0.273 e. The van der Waals surface area contributed by atoms with Crippen molar-refractivity contribution in [3.63, 3.8) is 0 Å². The van der Waals surface area contributed by atoms with Crippen molar-refractivity contribution in [3.05, 3.63) is 70.6 Å². The Morgan fingerprint density at radius 2 is 1.83 bits per heavy atom. The fourth-order valence-electron chi connectivity index (χ4n) is 2.67. The monoisotopic (exact) mass is 392 g/mol. The summed E-state index contributed by atoms with van der Waals surface area (Å²) in [7, 11) is 0. The van der Waals surface area contributed by atoms with E-state index in [4.69, 9.17) is 4.74 Å². The first-order valence-electron chi connectivity index (χ1n) is 9.69. The molecule has 1 aromatic heterocycles. The molecular formula is C22H24N4O3. The fraction of sp³-hybridized carbons (Fsp3) is 0.273. The molecule has 0 unspecified atom stereocenters. The Hall–Kier alpha value is -3.48. The van der Waals surface area contributed by atoms with Crippen LogP contribution in [-0.2, 0) is 11.2 Å². The summed E-state index contributed by atoms with van der Waals surface area (Å²) in [6.45, 7) is 2.79. The lowest BCUT2D eigenvalue weighted by molar-refractivity contribution is -0.116. The summed E-state index contributed by atoms with van der Waals surface area (Å²) in [5.41, 5.74) is 1.35. The molecule has 1 amide bonds. The summed E-state index contributed by atoms with van der Waals surface area (Å²) in [5.74, 6) is 0.978. The minimum absolute atomic E-state index is 0.149. The van der Waals surface area contributed by atoms with E-state index in [-0.39, 0.29) is 30.0 Å². The number of nitrogens with zero attached hydrogens (tertiary/aromatic N) is 2. The van der Waals surface area contributed by atoms with Gasteiger partial charge in [0, 0.05) is 24.1 Å². The number of ether oxygens (including phenoxy) is 1. The van der Waals surface area contributed by atoms with Crippen molar-refractivity contribution in [1.29, 1.82) is 0 Å². The van der Waals surface area contributed by atoms with Crippen LogP contribution >= 0.6 is 0 Å². The number of amides is 1. The van der Waals surface area contributed by atoms with Crippen LogP contribution in [0.5, 0.6) is 5.75 Å². The van der Waals surface area contributed by atoms with Crippen LogP contribution in [0.2, 0.25) is 0 Å². The second kappa shape index (κ2) is 10.2. The van der Waals surface area contributed by atoms with Crippen LogP contribution < -0.4 is 15.6 Å². The van der Waals surface area contributed by atoms with E-state index in [2.05, 4.69) is 27.4 Å². The first kappa shape index (κ1) is 20.3. The Bertz CT molecular complexity index is 985. The standard InChI is InChI=1S/C22H24N4O3/c1-2-3-15-29-18-11-9-16(10-12-18)21-24-22(28)19(25-26-21)13-14-20(27)23-17-7-5-4-6-8-17/h4-12H,2-3,13-15H2,1H3,(H,23,27)(H,24,26,28). The maximum absolute atomic E-state index is 12.3. The zero-order valence-corrected chi connectivity index (χ0v) is 16.4. The normalized spacial score (nSPS) is 10.5. The molecule has 0 bridgehead atoms. The van der Waals surface area contributed by atoms with Gasteiger partial charge >= 0.3 is 0 Å². The van der Waals surface area contributed by atoms with Crippen molar-refractivity contribution in [2.24, 2.45) is 0 Å². The summed E-state index contributed by atoms with van der Waals surface area (Å²) >= 11 is 0. The Morgan fingerprint density at radius 1 is 1.07 bits per heavy atom. The van der Waals surface area contributed by atoms with Gasteiger partial charge in [-0.05, 0) is 42.8 Å². The minimum Gasteiger partial charge on any atom is -0.494 e. The van der Waals surface area contributed by atoms with Gasteiger partial charge in [-0.1, -0.05) is 31.5 Å². The number of aryl methyl sites for hydroxylation is 1. The number of aromatic amines is 1. The highest BCUT2D eigenvalue weighted by Crippen LogP contribution is 2.18. The summed E-state index contributed by atoms with van der Waals surface area (Å²) in [5, 5.41) is 10.9. The van der Waals surface area contributed by atoms with Crippen molar-refractivity contribution in [1.82, 2.24) is 15.2 Å². The van der Waals surface area contributed by atoms with Crippen LogP contribution in [0.4, 0.5) is 5.69 Å². The molecule has 7 heteroatoms. The number of carbonyl (C=O) groups excluding carboxylic acids is 1. The van der Waals surface area contributed by atoms with E-state index in [9.17, 15) is 9.59 Å². The molecule has 0 aliphatic heterocycles. The summed E-state index contributed by atoms with van der Waals surface area (Å²) in [6.07, 6.45) is 2.45. The third kappa shape index (κ3) is 6.00. The van der Waals surface area contributed by atoms with Crippen molar-refractivity contribution < 1.29 is 9.53 Å². The maximum atomic E-state index is 12.3. The Labute approximate surface area is 169 Å². The van der Waals surface area contributed by atoms with Crippen molar-refractivity contribution >= 4 is 11.6 Å². The van der Waals surface area contributed by atoms with Gasteiger partial charge in [-0.15, -0.1) is 10.2 Å². The van der Waals surface area contributed by atoms with Crippen molar-refractivity contribution in [2.45, 2.75) is 32.6 Å². The highest BCUT2D eigenvalue weighted by atomic mass is 16.5. The van der Waals surface area contributed by atoms with Crippen LogP contribution in [0.1, 0.15) is 31.9 Å². The first-order chi connectivity index (χ1) is 14.2. The van der Waals surface area contributed by atoms with Crippen molar-refractivity contribution in [2.75, 3.05) is 11.9 Å². The number of unbranched alkanes of at least 4 members (excludes halogenated alkanes) is 1. The zero-order chi connectivity index (χ0) is 20.5. The quantitative estimate of drug-likeness (QED) is 0.543. The van der Waals surface area contributed by atoms with Gasteiger partial charge in [-0.2, -0.15) is 0 Å². The average Bonchev–Trinajstić information content (AvgIpc) is 2.74. The molecule has 7 nitrogen and oxygen atoms in total. The lowest BCUT2D eigenvalue weighted by atomic mass is 10.2. The fourth-order valence-corrected chi connectivity index (χ4v) is 2.67. The second-order valence-electron chi connectivity index (χ2n) is 6.59. The Morgan fingerprint density at radius 3 is 2.52 bits per heavy atom.